The second-order valence-corrected chi connectivity index (χ2v) is 6.29. The predicted molar refractivity (Wildman–Crippen MR) is 98.8 cm³/mol. The van der Waals surface area contributed by atoms with Gasteiger partial charge >= 0.3 is 0 Å². The van der Waals surface area contributed by atoms with Crippen LogP contribution in [-0.2, 0) is 11.3 Å². The van der Waals surface area contributed by atoms with E-state index in [1.165, 1.54) is 6.92 Å². The highest BCUT2D eigenvalue weighted by atomic mass is 16.5. The van der Waals surface area contributed by atoms with Crippen LogP contribution in [0.1, 0.15) is 42.3 Å². The molecule has 0 heterocycles. The Balaban J connectivity index is 1.99. The van der Waals surface area contributed by atoms with E-state index >= 15 is 0 Å². The fourth-order valence-corrected chi connectivity index (χ4v) is 2.45. The zero-order chi connectivity index (χ0) is 19.1. The van der Waals surface area contributed by atoms with Gasteiger partial charge < -0.3 is 9.64 Å². The van der Waals surface area contributed by atoms with Gasteiger partial charge in [0, 0.05) is 18.2 Å². The number of ketones is 1. The van der Waals surface area contributed by atoms with Crippen LogP contribution in [-0.4, -0.2) is 29.2 Å². The first-order valence-corrected chi connectivity index (χ1v) is 8.43. The van der Waals surface area contributed by atoms with E-state index in [1.54, 1.807) is 41.3 Å². The number of rotatable bonds is 7. The minimum atomic E-state index is -0.125. The van der Waals surface area contributed by atoms with Gasteiger partial charge in [-0.3, -0.25) is 9.59 Å². The average molecular weight is 350 g/mol. The molecule has 2 aromatic rings. The summed E-state index contributed by atoms with van der Waals surface area (Å²) >= 11 is 0. The molecular formula is C21H22N2O3. The molecule has 5 nitrogen and oxygen atoms in total. The molecule has 0 bridgehead atoms. The number of carbonyl (C=O) groups is 2. The maximum atomic E-state index is 12.6. The van der Waals surface area contributed by atoms with Crippen LogP contribution < -0.4 is 4.74 Å². The summed E-state index contributed by atoms with van der Waals surface area (Å²) in [5.74, 6) is 0.409. The molecule has 1 amide bonds. The van der Waals surface area contributed by atoms with E-state index in [1.807, 2.05) is 26.0 Å². The van der Waals surface area contributed by atoms with Gasteiger partial charge in [0.1, 0.15) is 5.75 Å². The third-order valence-electron chi connectivity index (χ3n) is 4.00. The summed E-state index contributed by atoms with van der Waals surface area (Å²) in [4.78, 5) is 25.6. The lowest BCUT2D eigenvalue weighted by atomic mass is 10.1. The average Bonchev–Trinajstić information content (AvgIpc) is 2.64. The number of nitriles is 1. The minimum absolute atomic E-state index is 0.0129. The first kappa shape index (κ1) is 19.2. The van der Waals surface area contributed by atoms with Gasteiger partial charge in [0.05, 0.1) is 11.6 Å². The number of hydrogen-bond acceptors (Lipinski definition) is 4. The van der Waals surface area contributed by atoms with Crippen LogP contribution in [0.15, 0.2) is 48.5 Å². The summed E-state index contributed by atoms with van der Waals surface area (Å²) in [5.41, 5.74) is 2.15. The van der Waals surface area contributed by atoms with E-state index in [0.717, 1.165) is 5.56 Å². The van der Waals surface area contributed by atoms with Crippen molar-refractivity contribution in [3.05, 3.63) is 65.2 Å². The molecule has 0 fully saturated rings. The number of benzene rings is 2. The Labute approximate surface area is 153 Å². The smallest absolute Gasteiger partial charge is 0.261 e. The third-order valence-corrected chi connectivity index (χ3v) is 4.00. The van der Waals surface area contributed by atoms with Crippen LogP contribution in [0.25, 0.3) is 0 Å². The summed E-state index contributed by atoms with van der Waals surface area (Å²) in [6.07, 6.45) is 0. The van der Waals surface area contributed by atoms with Crippen molar-refractivity contribution >= 4 is 11.7 Å². The Bertz CT molecular complexity index is 803. The number of Topliss-reactive ketones (excluding diaryl/α,β-unsaturated/α-hetero) is 1. The van der Waals surface area contributed by atoms with Gasteiger partial charge in [-0.1, -0.05) is 12.1 Å². The lowest BCUT2D eigenvalue weighted by Crippen LogP contribution is -2.39. The number of hydrogen-bond donors (Lipinski definition) is 0. The Kier molecular flexibility index (Phi) is 6.51. The highest BCUT2D eigenvalue weighted by Gasteiger charge is 2.18. The van der Waals surface area contributed by atoms with Crippen molar-refractivity contribution in [2.24, 2.45) is 0 Å². The normalized spacial score (nSPS) is 10.3. The number of ether oxygens (including phenoxy) is 1. The highest BCUT2D eigenvalue weighted by Crippen LogP contribution is 2.14. The van der Waals surface area contributed by atoms with Crippen LogP contribution in [0.3, 0.4) is 0 Å². The van der Waals surface area contributed by atoms with Crippen molar-refractivity contribution < 1.29 is 14.3 Å². The van der Waals surface area contributed by atoms with Crippen LogP contribution in [0.2, 0.25) is 0 Å². The van der Waals surface area contributed by atoms with Crippen molar-refractivity contribution in [2.75, 3.05) is 6.61 Å². The van der Waals surface area contributed by atoms with Gasteiger partial charge in [0.2, 0.25) is 0 Å². The van der Waals surface area contributed by atoms with Crippen molar-refractivity contribution in [1.82, 2.24) is 4.90 Å². The molecule has 5 heteroatoms. The van der Waals surface area contributed by atoms with E-state index in [9.17, 15) is 9.59 Å². The molecule has 0 aliphatic rings. The zero-order valence-corrected chi connectivity index (χ0v) is 15.2. The van der Waals surface area contributed by atoms with Crippen molar-refractivity contribution in [3.8, 4) is 11.8 Å². The summed E-state index contributed by atoms with van der Waals surface area (Å²) in [6, 6.07) is 16.0. The maximum absolute atomic E-state index is 12.6. The molecule has 0 unspecified atom stereocenters. The van der Waals surface area contributed by atoms with Gasteiger partial charge in [0.25, 0.3) is 5.91 Å². The molecule has 0 spiro atoms. The molecule has 0 aliphatic heterocycles. The van der Waals surface area contributed by atoms with E-state index < -0.39 is 0 Å². The maximum Gasteiger partial charge on any atom is 0.261 e. The van der Waals surface area contributed by atoms with E-state index in [0.29, 0.717) is 23.4 Å². The van der Waals surface area contributed by atoms with Crippen LogP contribution >= 0.6 is 0 Å². The number of nitrogens with zero attached hydrogens (tertiary/aromatic N) is 2. The van der Waals surface area contributed by atoms with Crippen molar-refractivity contribution in [3.63, 3.8) is 0 Å². The molecular weight excluding hydrogens is 328 g/mol. The van der Waals surface area contributed by atoms with Crippen molar-refractivity contribution in [1.29, 1.82) is 5.26 Å². The lowest BCUT2D eigenvalue weighted by Gasteiger charge is -2.27. The summed E-state index contributed by atoms with van der Waals surface area (Å²) < 4.78 is 5.56. The highest BCUT2D eigenvalue weighted by molar-refractivity contribution is 5.94. The molecule has 0 aromatic heterocycles. The van der Waals surface area contributed by atoms with E-state index in [-0.39, 0.29) is 24.3 Å². The molecule has 26 heavy (non-hydrogen) atoms. The van der Waals surface area contributed by atoms with Crippen LogP contribution in [0, 0.1) is 11.3 Å². The molecule has 134 valence electrons. The molecule has 2 aromatic carbocycles. The van der Waals surface area contributed by atoms with Gasteiger partial charge in [-0.15, -0.1) is 0 Å². The molecule has 0 N–H and O–H groups in total. The molecule has 0 radical (unpaired) electrons. The van der Waals surface area contributed by atoms with Gasteiger partial charge in [0.15, 0.2) is 12.4 Å². The van der Waals surface area contributed by atoms with Gasteiger partial charge in [-0.05, 0) is 62.7 Å². The second kappa shape index (κ2) is 8.82. The van der Waals surface area contributed by atoms with Crippen LogP contribution in [0.4, 0.5) is 0 Å². The SMILES string of the molecule is CC(=O)c1ccc(OCC(=O)N(Cc2ccc(C#N)cc2)C(C)C)cc1. The lowest BCUT2D eigenvalue weighted by molar-refractivity contribution is -0.135. The van der Waals surface area contributed by atoms with E-state index in [4.69, 9.17) is 10.00 Å². The standard InChI is InChI=1S/C21H22N2O3/c1-15(2)23(13-18-6-4-17(12-22)5-7-18)21(25)14-26-20-10-8-19(9-11-20)16(3)24/h4-11,15H,13-14H2,1-3H3. The molecule has 2 rings (SSSR count). The van der Waals surface area contributed by atoms with E-state index in [2.05, 4.69) is 6.07 Å². The monoisotopic (exact) mass is 350 g/mol. The Morgan fingerprint density at radius 1 is 1.08 bits per heavy atom. The first-order valence-electron chi connectivity index (χ1n) is 8.43. The fraction of sp³-hybridized carbons (Fsp3) is 0.286. The van der Waals surface area contributed by atoms with Crippen molar-refractivity contribution in [2.45, 2.75) is 33.4 Å². The summed E-state index contributed by atoms with van der Waals surface area (Å²) in [5, 5.41) is 8.86. The molecule has 0 atom stereocenters. The predicted octanol–water partition coefficient (Wildman–Crippen LogP) is 3.58. The Morgan fingerprint density at radius 2 is 1.69 bits per heavy atom. The van der Waals surface area contributed by atoms with Crippen LogP contribution in [0.5, 0.6) is 5.75 Å². The number of amides is 1. The van der Waals surface area contributed by atoms with Gasteiger partial charge in [-0.25, -0.2) is 0 Å². The van der Waals surface area contributed by atoms with Gasteiger partial charge in [-0.2, -0.15) is 5.26 Å². The second-order valence-electron chi connectivity index (χ2n) is 6.29. The minimum Gasteiger partial charge on any atom is -0.484 e. The molecule has 0 saturated heterocycles. The molecule has 0 aliphatic carbocycles. The summed E-state index contributed by atoms with van der Waals surface area (Å²) in [6.45, 7) is 5.78. The quantitative estimate of drug-likeness (QED) is 0.716. The first-order chi connectivity index (χ1) is 12.4. The Morgan fingerprint density at radius 3 is 2.19 bits per heavy atom. The fourth-order valence-electron chi connectivity index (χ4n) is 2.45. The molecule has 0 saturated carbocycles. The zero-order valence-electron chi connectivity index (χ0n) is 15.2. The largest absolute Gasteiger partial charge is 0.484 e. The third kappa shape index (κ3) is 5.18. The topological polar surface area (TPSA) is 70.4 Å². The summed E-state index contributed by atoms with van der Waals surface area (Å²) in [7, 11) is 0. The Hall–Kier alpha value is -3.13. The number of carbonyl (C=O) groups excluding carboxylic acids is 2.